The van der Waals surface area contributed by atoms with Crippen molar-refractivity contribution in [3.05, 3.63) is 28.8 Å². The lowest BCUT2D eigenvalue weighted by Gasteiger charge is -2.27. The van der Waals surface area contributed by atoms with E-state index >= 15 is 0 Å². The van der Waals surface area contributed by atoms with Crippen molar-refractivity contribution in [2.24, 2.45) is 0 Å². The molecule has 0 atom stereocenters. The Balaban J connectivity index is 2.24. The maximum Gasteiger partial charge on any atom is 0.256 e. The fraction of sp³-hybridized carbons (Fsp3) is 0.462. The molecule has 1 amide bonds. The number of halogens is 1. The van der Waals surface area contributed by atoms with Crippen molar-refractivity contribution in [1.29, 1.82) is 0 Å². The third kappa shape index (κ3) is 3.12. The number of carbonyl (C=O) groups excluding carboxylic acids is 1. The van der Waals surface area contributed by atoms with Crippen LogP contribution in [0.2, 0.25) is 5.02 Å². The number of nitrogens with one attached hydrogen (secondary N) is 1. The third-order valence-corrected chi connectivity index (χ3v) is 4.06. The molecule has 0 radical (unpaired) electrons. The normalized spacial score (nSPS) is 15.6. The Morgan fingerprint density at radius 1 is 1.44 bits per heavy atom. The van der Waals surface area contributed by atoms with E-state index in [4.69, 9.17) is 11.6 Å². The van der Waals surface area contributed by atoms with Gasteiger partial charge in [0.2, 0.25) is 0 Å². The van der Waals surface area contributed by atoms with Crippen LogP contribution in [-0.4, -0.2) is 41.9 Å². The number of amides is 1. The van der Waals surface area contributed by atoms with Crippen LogP contribution in [0.3, 0.4) is 0 Å². The SMILES string of the molecule is CCNc1ccc(Cl)cc1C(=O)N1CCSCC1. The molecule has 0 aromatic heterocycles. The minimum Gasteiger partial charge on any atom is -0.385 e. The second kappa shape index (κ2) is 6.34. The second-order valence-electron chi connectivity index (χ2n) is 4.12. The minimum absolute atomic E-state index is 0.0775. The second-order valence-corrected chi connectivity index (χ2v) is 5.79. The molecule has 0 spiro atoms. The first-order valence-corrected chi connectivity index (χ1v) is 7.66. The summed E-state index contributed by atoms with van der Waals surface area (Å²) in [5, 5.41) is 3.82. The van der Waals surface area contributed by atoms with Crippen LogP contribution in [0.15, 0.2) is 18.2 Å². The van der Waals surface area contributed by atoms with E-state index in [0.717, 1.165) is 36.8 Å². The van der Waals surface area contributed by atoms with E-state index in [2.05, 4.69) is 5.32 Å². The lowest BCUT2D eigenvalue weighted by Crippen LogP contribution is -2.38. The van der Waals surface area contributed by atoms with Gasteiger partial charge in [-0.1, -0.05) is 11.6 Å². The summed E-state index contributed by atoms with van der Waals surface area (Å²) in [6.45, 7) is 4.45. The van der Waals surface area contributed by atoms with Crippen LogP contribution in [0.5, 0.6) is 0 Å². The number of carbonyl (C=O) groups is 1. The molecule has 98 valence electrons. The molecule has 1 N–H and O–H groups in total. The van der Waals surface area contributed by atoms with E-state index < -0.39 is 0 Å². The molecule has 1 heterocycles. The average molecular weight is 285 g/mol. The standard InChI is InChI=1S/C13H17ClN2OS/c1-2-15-12-4-3-10(14)9-11(12)13(17)16-5-7-18-8-6-16/h3-4,9,15H,2,5-8H2,1H3. The van der Waals surface area contributed by atoms with Gasteiger partial charge < -0.3 is 10.2 Å². The Morgan fingerprint density at radius 2 is 2.17 bits per heavy atom. The van der Waals surface area contributed by atoms with Crippen LogP contribution < -0.4 is 5.32 Å². The van der Waals surface area contributed by atoms with Crippen molar-refractivity contribution in [3.63, 3.8) is 0 Å². The van der Waals surface area contributed by atoms with Crippen LogP contribution in [0, 0.1) is 0 Å². The number of hydrogen-bond donors (Lipinski definition) is 1. The van der Waals surface area contributed by atoms with Crippen molar-refractivity contribution < 1.29 is 4.79 Å². The minimum atomic E-state index is 0.0775. The van der Waals surface area contributed by atoms with Crippen molar-refractivity contribution in [2.75, 3.05) is 36.5 Å². The summed E-state index contributed by atoms with van der Waals surface area (Å²) in [5.74, 6) is 2.11. The van der Waals surface area contributed by atoms with Gasteiger partial charge in [0.1, 0.15) is 0 Å². The van der Waals surface area contributed by atoms with E-state index in [9.17, 15) is 4.79 Å². The lowest BCUT2D eigenvalue weighted by molar-refractivity contribution is 0.0773. The Labute approximate surface area is 117 Å². The molecule has 1 aromatic carbocycles. The van der Waals surface area contributed by atoms with Crippen LogP contribution in [0.1, 0.15) is 17.3 Å². The summed E-state index contributed by atoms with van der Waals surface area (Å²) >= 11 is 7.89. The predicted molar refractivity (Wildman–Crippen MR) is 78.8 cm³/mol. The van der Waals surface area contributed by atoms with Crippen molar-refractivity contribution in [2.45, 2.75) is 6.92 Å². The molecule has 0 aliphatic carbocycles. The van der Waals surface area contributed by atoms with Gasteiger partial charge in [0.25, 0.3) is 5.91 Å². The van der Waals surface area contributed by atoms with Crippen molar-refractivity contribution >= 4 is 35.0 Å². The van der Waals surface area contributed by atoms with Gasteiger partial charge in [-0.2, -0.15) is 11.8 Å². The van der Waals surface area contributed by atoms with E-state index in [1.54, 1.807) is 6.07 Å². The van der Waals surface area contributed by atoms with Gasteiger partial charge in [-0.3, -0.25) is 4.79 Å². The fourth-order valence-corrected chi connectivity index (χ4v) is 3.05. The largest absolute Gasteiger partial charge is 0.385 e. The highest BCUT2D eigenvalue weighted by Gasteiger charge is 2.21. The molecule has 1 saturated heterocycles. The van der Waals surface area contributed by atoms with Crippen molar-refractivity contribution in [3.8, 4) is 0 Å². The number of thioether (sulfide) groups is 1. The molecular weight excluding hydrogens is 268 g/mol. The Hall–Kier alpha value is -0.870. The Bertz CT molecular complexity index is 433. The molecule has 0 bridgehead atoms. The first-order chi connectivity index (χ1) is 8.72. The van der Waals surface area contributed by atoms with Crippen LogP contribution in [0.25, 0.3) is 0 Å². The van der Waals surface area contributed by atoms with E-state index in [-0.39, 0.29) is 5.91 Å². The van der Waals surface area contributed by atoms with Gasteiger partial charge in [0.05, 0.1) is 5.56 Å². The molecule has 0 unspecified atom stereocenters. The zero-order chi connectivity index (χ0) is 13.0. The third-order valence-electron chi connectivity index (χ3n) is 2.88. The molecular formula is C13H17ClN2OS. The zero-order valence-corrected chi connectivity index (χ0v) is 12.0. The first kappa shape index (κ1) is 13.6. The highest BCUT2D eigenvalue weighted by molar-refractivity contribution is 7.99. The van der Waals surface area contributed by atoms with Crippen LogP contribution >= 0.6 is 23.4 Å². The number of nitrogens with zero attached hydrogens (tertiary/aromatic N) is 1. The summed E-state index contributed by atoms with van der Waals surface area (Å²) < 4.78 is 0. The van der Waals surface area contributed by atoms with Gasteiger partial charge in [-0.05, 0) is 25.1 Å². The van der Waals surface area contributed by atoms with Gasteiger partial charge >= 0.3 is 0 Å². The number of hydrogen-bond acceptors (Lipinski definition) is 3. The first-order valence-electron chi connectivity index (χ1n) is 6.13. The Morgan fingerprint density at radius 3 is 2.83 bits per heavy atom. The molecule has 5 heteroatoms. The molecule has 1 aliphatic heterocycles. The molecule has 1 aromatic rings. The van der Waals surface area contributed by atoms with Crippen LogP contribution in [0.4, 0.5) is 5.69 Å². The number of benzene rings is 1. The molecule has 2 rings (SSSR count). The zero-order valence-electron chi connectivity index (χ0n) is 10.4. The summed E-state index contributed by atoms with van der Waals surface area (Å²) in [6.07, 6.45) is 0. The van der Waals surface area contributed by atoms with Crippen LogP contribution in [-0.2, 0) is 0 Å². The van der Waals surface area contributed by atoms with Crippen molar-refractivity contribution in [1.82, 2.24) is 4.90 Å². The highest BCUT2D eigenvalue weighted by atomic mass is 35.5. The molecule has 0 saturated carbocycles. The maximum atomic E-state index is 12.5. The summed E-state index contributed by atoms with van der Waals surface area (Å²) in [4.78, 5) is 14.4. The summed E-state index contributed by atoms with van der Waals surface area (Å²) in [7, 11) is 0. The van der Waals surface area contributed by atoms with E-state index in [1.807, 2.05) is 35.7 Å². The summed E-state index contributed by atoms with van der Waals surface area (Å²) in [5.41, 5.74) is 1.54. The smallest absolute Gasteiger partial charge is 0.256 e. The quantitative estimate of drug-likeness (QED) is 0.926. The molecule has 1 aliphatic rings. The highest BCUT2D eigenvalue weighted by Crippen LogP contribution is 2.23. The topological polar surface area (TPSA) is 32.3 Å². The average Bonchev–Trinajstić information content (AvgIpc) is 2.41. The summed E-state index contributed by atoms with van der Waals surface area (Å²) in [6, 6.07) is 5.43. The number of rotatable bonds is 3. The lowest BCUT2D eigenvalue weighted by atomic mass is 10.1. The Kier molecular flexibility index (Phi) is 4.78. The molecule has 1 fully saturated rings. The van der Waals surface area contributed by atoms with E-state index in [0.29, 0.717) is 10.6 Å². The fourth-order valence-electron chi connectivity index (χ4n) is 1.97. The monoisotopic (exact) mass is 284 g/mol. The maximum absolute atomic E-state index is 12.5. The van der Waals surface area contributed by atoms with Gasteiger partial charge in [-0.15, -0.1) is 0 Å². The molecule has 18 heavy (non-hydrogen) atoms. The van der Waals surface area contributed by atoms with E-state index in [1.165, 1.54) is 0 Å². The van der Waals surface area contributed by atoms with Gasteiger partial charge in [-0.25, -0.2) is 0 Å². The van der Waals surface area contributed by atoms with Gasteiger partial charge in [0.15, 0.2) is 0 Å². The predicted octanol–water partition coefficient (Wildman–Crippen LogP) is 2.96. The van der Waals surface area contributed by atoms with Gasteiger partial charge in [0, 0.05) is 41.8 Å². The molecule has 3 nitrogen and oxygen atoms in total. The number of anilines is 1.